The number of carbonyl (C=O) groups is 2. The fourth-order valence-corrected chi connectivity index (χ4v) is 3.27. The van der Waals surface area contributed by atoms with Crippen molar-refractivity contribution in [3.8, 4) is 17.2 Å². The number of methoxy groups -OCH3 is 2. The number of likely N-dealkylation sites (tertiary alicyclic amines) is 1. The van der Waals surface area contributed by atoms with Gasteiger partial charge in [0.25, 0.3) is 0 Å². The lowest BCUT2D eigenvalue weighted by Crippen LogP contribution is -2.42. The Hall–Kier alpha value is -2.44. The highest BCUT2D eigenvalue weighted by atomic mass is 16.5. The number of carboxylic acids is 1. The van der Waals surface area contributed by atoms with Crippen molar-refractivity contribution in [3.05, 3.63) is 18.2 Å². The van der Waals surface area contributed by atoms with Crippen LogP contribution in [-0.2, 0) is 9.59 Å². The molecule has 1 aliphatic heterocycles. The number of amides is 1. The Balaban J connectivity index is 1.57. The number of benzene rings is 1. The predicted octanol–water partition coefficient (Wildman–Crippen LogP) is 1.79. The third-order valence-corrected chi connectivity index (χ3v) is 4.85. The molecule has 1 amide bonds. The first kappa shape index (κ1) is 17.4. The molecule has 0 radical (unpaired) electrons. The molecule has 3 rings (SSSR count). The Kier molecular flexibility index (Phi) is 5.01. The number of carboxylic acid groups (broad SMARTS) is 1. The standard InChI is InChI=1S/C18H23NO6/c1-23-14-4-3-5-15(24-2)16(14)25-11-6-8-19(9-7-11)17(20)12-10-13(12)18(21)22/h3-5,11-13H,6-10H2,1-2H3,(H,21,22). The molecule has 0 bridgehead atoms. The van der Waals surface area contributed by atoms with Crippen molar-refractivity contribution >= 4 is 11.9 Å². The van der Waals surface area contributed by atoms with Crippen LogP contribution in [0.3, 0.4) is 0 Å². The van der Waals surface area contributed by atoms with Gasteiger partial charge in [-0.05, 0) is 18.6 Å². The Bertz CT molecular complexity index is 631. The summed E-state index contributed by atoms with van der Waals surface area (Å²) in [6, 6.07) is 5.46. The molecule has 1 saturated carbocycles. The Labute approximate surface area is 146 Å². The van der Waals surface area contributed by atoms with E-state index in [4.69, 9.17) is 19.3 Å². The van der Waals surface area contributed by atoms with Crippen LogP contribution >= 0.6 is 0 Å². The van der Waals surface area contributed by atoms with E-state index >= 15 is 0 Å². The van der Waals surface area contributed by atoms with Crippen molar-refractivity contribution in [1.82, 2.24) is 4.90 Å². The number of carbonyl (C=O) groups excluding carboxylic acids is 1. The first-order valence-corrected chi connectivity index (χ1v) is 8.44. The van der Waals surface area contributed by atoms with Crippen molar-refractivity contribution in [2.75, 3.05) is 27.3 Å². The quantitative estimate of drug-likeness (QED) is 0.843. The fraction of sp³-hybridized carbons (Fsp3) is 0.556. The number of hydrogen-bond donors (Lipinski definition) is 1. The number of para-hydroxylation sites is 1. The predicted molar refractivity (Wildman–Crippen MR) is 89.0 cm³/mol. The second-order valence-corrected chi connectivity index (χ2v) is 6.42. The molecule has 7 nitrogen and oxygen atoms in total. The fourth-order valence-electron chi connectivity index (χ4n) is 3.27. The van der Waals surface area contributed by atoms with Gasteiger partial charge in [-0.1, -0.05) is 6.07 Å². The molecule has 0 aromatic heterocycles. The summed E-state index contributed by atoms with van der Waals surface area (Å²) in [5.41, 5.74) is 0. The van der Waals surface area contributed by atoms with E-state index in [0.717, 1.165) is 0 Å². The van der Waals surface area contributed by atoms with Crippen molar-refractivity contribution in [2.24, 2.45) is 11.8 Å². The SMILES string of the molecule is COc1cccc(OC)c1OC1CCN(C(=O)C2CC2C(=O)O)CC1. The van der Waals surface area contributed by atoms with Gasteiger partial charge in [-0.3, -0.25) is 9.59 Å². The first-order valence-electron chi connectivity index (χ1n) is 8.44. The van der Waals surface area contributed by atoms with E-state index in [-0.39, 0.29) is 17.9 Å². The van der Waals surface area contributed by atoms with Crippen molar-refractivity contribution < 1.29 is 28.9 Å². The molecule has 2 atom stereocenters. The summed E-state index contributed by atoms with van der Waals surface area (Å²) >= 11 is 0. The van der Waals surface area contributed by atoms with Gasteiger partial charge in [0.1, 0.15) is 6.10 Å². The van der Waals surface area contributed by atoms with Crippen LogP contribution in [-0.4, -0.2) is 55.3 Å². The number of nitrogens with zero attached hydrogens (tertiary/aromatic N) is 1. The zero-order valence-corrected chi connectivity index (χ0v) is 14.4. The molecular formula is C18H23NO6. The Morgan fingerprint density at radius 2 is 1.68 bits per heavy atom. The molecule has 2 aliphatic rings. The lowest BCUT2D eigenvalue weighted by atomic mass is 10.1. The molecule has 2 fully saturated rings. The molecular weight excluding hydrogens is 326 g/mol. The van der Waals surface area contributed by atoms with Crippen LogP contribution in [0.15, 0.2) is 18.2 Å². The summed E-state index contributed by atoms with van der Waals surface area (Å²) in [4.78, 5) is 25.0. The van der Waals surface area contributed by atoms with E-state index in [2.05, 4.69) is 0 Å². The summed E-state index contributed by atoms with van der Waals surface area (Å²) in [5, 5.41) is 8.96. The van der Waals surface area contributed by atoms with Crippen LogP contribution in [0.4, 0.5) is 0 Å². The molecule has 1 aliphatic carbocycles. The summed E-state index contributed by atoms with van der Waals surface area (Å²) in [7, 11) is 3.16. The second kappa shape index (κ2) is 7.21. The number of rotatable bonds is 6. The lowest BCUT2D eigenvalue weighted by molar-refractivity contribution is -0.142. The monoisotopic (exact) mass is 349 g/mol. The molecule has 0 spiro atoms. The first-order chi connectivity index (χ1) is 12.0. The third kappa shape index (κ3) is 3.65. The van der Waals surface area contributed by atoms with E-state index in [0.29, 0.717) is 49.6 Å². The maximum atomic E-state index is 12.3. The van der Waals surface area contributed by atoms with Gasteiger partial charge < -0.3 is 24.2 Å². The van der Waals surface area contributed by atoms with Gasteiger partial charge in [0.15, 0.2) is 11.5 Å². The van der Waals surface area contributed by atoms with Crippen LogP contribution in [0, 0.1) is 11.8 Å². The van der Waals surface area contributed by atoms with Crippen LogP contribution in [0.1, 0.15) is 19.3 Å². The Morgan fingerprint density at radius 1 is 1.08 bits per heavy atom. The van der Waals surface area contributed by atoms with Crippen molar-refractivity contribution in [3.63, 3.8) is 0 Å². The maximum absolute atomic E-state index is 12.3. The van der Waals surface area contributed by atoms with Crippen LogP contribution in [0.25, 0.3) is 0 Å². The van der Waals surface area contributed by atoms with Crippen molar-refractivity contribution in [2.45, 2.75) is 25.4 Å². The maximum Gasteiger partial charge on any atom is 0.307 e. The topological polar surface area (TPSA) is 85.3 Å². The third-order valence-electron chi connectivity index (χ3n) is 4.85. The highest BCUT2D eigenvalue weighted by Crippen LogP contribution is 2.41. The molecule has 1 heterocycles. The summed E-state index contributed by atoms with van der Waals surface area (Å²) < 4.78 is 16.8. The number of aliphatic carboxylic acids is 1. The number of ether oxygens (including phenoxy) is 3. The van der Waals surface area contributed by atoms with Crippen LogP contribution < -0.4 is 14.2 Å². The highest BCUT2D eigenvalue weighted by Gasteiger charge is 2.50. The van der Waals surface area contributed by atoms with Gasteiger partial charge in [0, 0.05) is 25.9 Å². The molecule has 136 valence electrons. The zero-order chi connectivity index (χ0) is 18.0. The lowest BCUT2D eigenvalue weighted by Gasteiger charge is -2.32. The van der Waals surface area contributed by atoms with Gasteiger partial charge in [-0.2, -0.15) is 0 Å². The molecule has 7 heteroatoms. The van der Waals surface area contributed by atoms with E-state index in [1.807, 2.05) is 18.2 Å². The summed E-state index contributed by atoms with van der Waals surface area (Å²) in [5.74, 6) is 0.0369. The van der Waals surface area contributed by atoms with Crippen LogP contribution in [0.5, 0.6) is 17.2 Å². The van der Waals surface area contributed by atoms with Gasteiger partial charge in [0.05, 0.1) is 26.1 Å². The van der Waals surface area contributed by atoms with Gasteiger partial charge in [-0.25, -0.2) is 0 Å². The van der Waals surface area contributed by atoms with Gasteiger partial charge >= 0.3 is 5.97 Å². The minimum absolute atomic E-state index is 0.0382. The van der Waals surface area contributed by atoms with Gasteiger partial charge in [-0.15, -0.1) is 0 Å². The molecule has 1 N–H and O–H groups in total. The van der Waals surface area contributed by atoms with Crippen molar-refractivity contribution in [1.29, 1.82) is 0 Å². The minimum Gasteiger partial charge on any atom is -0.493 e. The average molecular weight is 349 g/mol. The molecule has 1 aromatic rings. The van der Waals surface area contributed by atoms with E-state index in [9.17, 15) is 9.59 Å². The van der Waals surface area contributed by atoms with E-state index < -0.39 is 11.9 Å². The smallest absolute Gasteiger partial charge is 0.307 e. The highest BCUT2D eigenvalue weighted by molar-refractivity contribution is 5.89. The molecule has 2 unspecified atom stereocenters. The van der Waals surface area contributed by atoms with Crippen LogP contribution in [0.2, 0.25) is 0 Å². The zero-order valence-electron chi connectivity index (χ0n) is 14.4. The largest absolute Gasteiger partial charge is 0.493 e. The average Bonchev–Trinajstić information content (AvgIpc) is 3.43. The number of piperidine rings is 1. The summed E-state index contributed by atoms with van der Waals surface area (Å²) in [6.07, 6.45) is 1.81. The second-order valence-electron chi connectivity index (χ2n) is 6.42. The molecule has 25 heavy (non-hydrogen) atoms. The van der Waals surface area contributed by atoms with Gasteiger partial charge in [0.2, 0.25) is 11.7 Å². The normalized spacial score (nSPS) is 23.0. The molecule has 1 saturated heterocycles. The molecule has 1 aromatic carbocycles. The number of hydrogen-bond acceptors (Lipinski definition) is 5. The van der Waals surface area contributed by atoms with E-state index in [1.54, 1.807) is 19.1 Å². The Morgan fingerprint density at radius 3 is 2.16 bits per heavy atom. The van der Waals surface area contributed by atoms with E-state index in [1.165, 1.54) is 0 Å². The summed E-state index contributed by atoms with van der Waals surface area (Å²) in [6.45, 7) is 1.15. The minimum atomic E-state index is -0.875.